The summed E-state index contributed by atoms with van der Waals surface area (Å²) >= 11 is 0. The number of ketones is 1. The molecule has 8 heteroatoms. The zero-order valence-corrected chi connectivity index (χ0v) is 18.1. The number of benzene rings is 1. The molecule has 1 atom stereocenters. The number of pyridine rings is 1. The van der Waals surface area contributed by atoms with Gasteiger partial charge in [-0.05, 0) is 31.0 Å². The second-order valence-corrected chi connectivity index (χ2v) is 8.03. The molecule has 4 aromatic rings. The first kappa shape index (κ1) is 20.7. The fraction of sp³-hybridized carbons (Fsp3) is 0.200. The molecule has 1 unspecified atom stereocenters. The van der Waals surface area contributed by atoms with Crippen molar-refractivity contribution in [3.8, 4) is 0 Å². The Balaban J connectivity index is 1.59. The summed E-state index contributed by atoms with van der Waals surface area (Å²) in [6, 6.07) is 14.2. The molecule has 0 bridgehead atoms. The summed E-state index contributed by atoms with van der Waals surface area (Å²) in [6.07, 6.45) is 7.70. The molecule has 33 heavy (non-hydrogen) atoms. The van der Waals surface area contributed by atoms with E-state index in [0.717, 1.165) is 5.56 Å². The van der Waals surface area contributed by atoms with E-state index < -0.39 is 17.7 Å². The minimum atomic E-state index is -0.686. The summed E-state index contributed by atoms with van der Waals surface area (Å²) in [5.41, 5.74) is 2.51. The SMILES string of the molecule is Cc1nc2ccccn2c1C(O)=C1C(=O)C(=O)N(CCCn2ccnc2)C1c1ccccc1. The number of aromatic nitrogens is 4. The topological polar surface area (TPSA) is 92.7 Å². The highest BCUT2D eigenvalue weighted by Gasteiger charge is 2.46. The van der Waals surface area contributed by atoms with Gasteiger partial charge < -0.3 is 14.6 Å². The molecule has 0 radical (unpaired) electrons. The normalized spacial score (nSPS) is 17.8. The van der Waals surface area contributed by atoms with Crippen LogP contribution in [-0.2, 0) is 16.1 Å². The Labute approximate surface area is 190 Å². The Bertz CT molecular complexity index is 1360. The second-order valence-electron chi connectivity index (χ2n) is 8.03. The minimum Gasteiger partial charge on any atom is -0.505 e. The summed E-state index contributed by atoms with van der Waals surface area (Å²) in [5, 5.41) is 11.4. The maximum atomic E-state index is 13.2. The Morgan fingerprint density at radius 1 is 1.03 bits per heavy atom. The molecule has 1 saturated heterocycles. The van der Waals surface area contributed by atoms with Crippen LogP contribution in [0, 0.1) is 6.92 Å². The van der Waals surface area contributed by atoms with Crippen molar-refractivity contribution >= 4 is 23.1 Å². The van der Waals surface area contributed by atoms with E-state index in [4.69, 9.17) is 0 Å². The van der Waals surface area contributed by atoms with Crippen molar-refractivity contribution in [1.29, 1.82) is 0 Å². The number of fused-ring (bicyclic) bond motifs is 1. The number of aryl methyl sites for hydroxylation is 2. The van der Waals surface area contributed by atoms with E-state index in [0.29, 0.717) is 36.5 Å². The van der Waals surface area contributed by atoms with Crippen LogP contribution in [-0.4, -0.2) is 47.2 Å². The summed E-state index contributed by atoms with van der Waals surface area (Å²) < 4.78 is 3.66. The lowest BCUT2D eigenvalue weighted by atomic mass is 9.96. The largest absolute Gasteiger partial charge is 0.505 e. The third-order valence-electron chi connectivity index (χ3n) is 5.96. The number of carbonyl (C=O) groups excluding carboxylic acids is 2. The fourth-order valence-electron chi connectivity index (χ4n) is 4.46. The molecule has 0 spiro atoms. The smallest absolute Gasteiger partial charge is 0.295 e. The van der Waals surface area contributed by atoms with E-state index in [1.807, 2.05) is 59.3 Å². The Morgan fingerprint density at radius 3 is 2.58 bits per heavy atom. The van der Waals surface area contributed by atoms with Crippen LogP contribution in [0.3, 0.4) is 0 Å². The lowest BCUT2D eigenvalue weighted by Gasteiger charge is -2.25. The van der Waals surface area contributed by atoms with E-state index in [1.165, 1.54) is 0 Å². The highest BCUT2D eigenvalue weighted by Crippen LogP contribution is 2.40. The van der Waals surface area contributed by atoms with Crippen LogP contribution in [0.25, 0.3) is 11.4 Å². The van der Waals surface area contributed by atoms with E-state index >= 15 is 0 Å². The number of carbonyl (C=O) groups is 2. The van der Waals surface area contributed by atoms with E-state index in [1.54, 1.807) is 34.9 Å². The third-order valence-corrected chi connectivity index (χ3v) is 5.96. The molecular weight excluding hydrogens is 418 g/mol. The summed E-state index contributed by atoms with van der Waals surface area (Å²) in [7, 11) is 0. The number of hydrogen-bond donors (Lipinski definition) is 1. The van der Waals surface area contributed by atoms with E-state index in [-0.39, 0.29) is 11.3 Å². The van der Waals surface area contributed by atoms with Gasteiger partial charge in [0.25, 0.3) is 11.7 Å². The first-order valence-corrected chi connectivity index (χ1v) is 10.8. The molecule has 3 aromatic heterocycles. The second kappa shape index (κ2) is 8.38. The Kier molecular flexibility index (Phi) is 5.26. The predicted molar refractivity (Wildman–Crippen MR) is 122 cm³/mol. The van der Waals surface area contributed by atoms with Crippen molar-refractivity contribution in [2.75, 3.05) is 6.54 Å². The molecule has 1 amide bonds. The standard InChI is InChI=1S/C25H23N5O3/c1-17-21(29-13-6-5-10-19(29)27-17)23(31)20-22(18-8-3-2-4-9-18)30(25(33)24(20)32)14-7-12-28-15-11-26-16-28/h2-6,8-11,13,15-16,22,31H,7,12,14H2,1H3. The Morgan fingerprint density at radius 2 is 1.82 bits per heavy atom. The number of nitrogens with zero attached hydrogens (tertiary/aromatic N) is 5. The highest BCUT2D eigenvalue weighted by atomic mass is 16.3. The maximum Gasteiger partial charge on any atom is 0.295 e. The molecule has 1 aliphatic rings. The molecule has 1 fully saturated rings. The Hall–Kier alpha value is -4.20. The van der Waals surface area contributed by atoms with Crippen LogP contribution in [0.15, 0.2) is 79.0 Å². The number of likely N-dealkylation sites (tertiary alicyclic amines) is 1. The van der Waals surface area contributed by atoms with Crippen molar-refractivity contribution in [3.05, 3.63) is 96.0 Å². The summed E-state index contributed by atoms with van der Waals surface area (Å²) in [5.74, 6) is -1.51. The summed E-state index contributed by atoms with van der Waals surface area (Å²) in [4.78, 5) is 36.4. The molecule has 0 saturated carbocycles. The van der Waals surface area contributed by atoms with Gasteiger partial charge in [0.2, 0.25) is 0 Å². The highest BCUT2D eigenvalue weighted by molar-refractivity contribution is 6.46. The maximum absolute atomic E-state index is 13.2. The third kappa shape index (κ3) is 3.59. The van der Waals surface area contributed by atoms with Crippen LogP contribution in [0.5, 0.6) is 0 Å². The number of rotatable bonds is 6. The van der Waals surface area contributed by atoms with Gasteiger partial charge in [0, 0.05) is 31.7 Å². The molecule has 1 N–H and O–H groups in total. The van der Waals surface area contributed by atoms with Crippen molar-refractivity contribution in [3.63, 3.8) is 0 Å². The molecule has 5 rings (SSSR count). The summed E-state index contributed by atoms with van der Waals surface area (Å²) in [6.45, 7) is 2.81. The van der Waals surface area contributed by atoms with Gasteiger partial charge >= 0.3 is 0 Å². The number of Topliss-reactive ketones (excluding diaryl/α,β-unsaturated/α-hetero) is 1. The number of aliphatic hydroxyl groups excluding tert-OH is 1. The predicted octanol–water partition coefficient (Wildman–Crippen LogP) is 3.35. The first-order valence-electron chi connectivity index (χ1n) is 10.8. The van der Waals surface area contributed by atoms with Crippen molar-refractivity contribution < 1.29 is 14.7 Å². The molecule has 8 nitrogen and oxygen atoms in total. The molecular formula is C25H23N5O3. The molecule has 166 valence electrons. The van der Waals surface area contributed by atoms with Crippen molar-refractivity contribution in [1.82, 2.24) is 23.8 Å². The average molecular weight is 441 g/mol. The lowest BCUT2D eigenvalue weighted by molar-refractivity contribution is -0.139. The van der Waals surface area contributed by atoms with Crippen molar-refractivity contribution in [2.24, 2.45) is 0 Å². The van der Waals surface area contributed by atoms with Gasteiger partial charge in [0.05, 0.1) is 23.6 Å². The van der Waals surface area contributed by atoms with Gasteiger partial charge in [-0.2, -0.15) is 0 Å². The number of hydrogen-bond acceptors (Lipinski definition) is 5. The molecule has 1 aliphatic heterocycles. The van der Waals surface area contributed by atoms with Crippen LogP contribution in [0.4, 0.5) is 0 Å². The molecule has 0 aliphatic carbocycles. The molecule has 4 heterocycles. The molecule has 1 aromatic carbocycles. The lowest BCUT2D eigenvalue weighted by Crippen LogP contribution is -2.31. The number of imidazole rings is 2. The monoisotopic (exact) mass is 441 g/mol. The number of amides is 1. The van der Waals surface area contributed by atoms with Crippen molar-refractivity contribution in [2.45, 2.75) is 25.9 Å². The van der Waals surface area contributed by atoms with Gasteiger partial charge in [-0.1, -0.05) is 36.4 Å². The van der Waals surface area contributed by atoms with Gasteiger partial charge in [-0.25, -0.2) is 9.97 Å². The zero-order chi connectivity index (χ0) is 22.9. The van der Waals surface area contributed by atoms with Gasteiger partial charge in [-0.3, -0.25) is 14.0 Å². The van der Waals surface area contributed by atoms with Crippen LogP contribution < -0.4 is 0 Å². The zero-order valence-electron chi connectivity index (χ0n) is 18.1. The quantitative estimate of drug-likeness (QED) is 0.281. The van der Waals surface area contributed by atoms with Crippen LogP contribution in [0.1, 0.15) is 29.4 Å². The van der Waals surface area contributed by atoms with Crippen LogP contribution in [0.2, 0.25) is 0 Å². The van der Waals surface area contributed by atoms with E-state index in [9.17, 15) is 14.7 Å². The van der Waals surface area contributed by atoms with E-state index in [2.05, 4.69) is 9.97 Å². The van der Waals surface area contributed by atoms with Crippen LogP contribution >= 0.6 is 0 Å². The first-order chi connectivity index (χ1) is 16.1. The van der Waals surface area contributed by atoms with Gasteiger partial charge in [-0.15, -0.1) is 0 Å². The fourth-order valence-corrected chi connectivity index (χ4v) is 4.46. The van der Waals surface area contributed by atoms with Gasteiger partial charge in [0.1, 0.15) is 11.3 Å². The number of aliphatic hydroxyl groups is 1. The average Bonchev–Trinajstić information content (AvgIpc) is 3.52. The van der Waals surface area contributed by atoms with Gasteiger partial charge in [0.15, 0.2) is 5.76 Å². The minimum absolute atomic E-state index is 0.0857.